The van der Waals surface area contributed by atoms with E-state index in [1.165, 1.54) is 9.13 Å². The van der Waals surface area contributed by atoms with Crippen molar-refractivity contribution in [2.75, 3.05) is 0 Å². The molecule has 0 aliphatic carbocycles. The van der Waals surface area contributed by atoms with E-state index in [9.17, 15) is 0 Å². The molecule has 4 heteroatoms. The Morgan fingerprint density at radius 1 is 1.05 bits per heavy atom. The number of benzene rings is 2. The highest BCUT2D eigenvalue weighted by molar-refractivity contribution is 14.1. The lowest BCUT2D eigenvalue weighted by Gasteiger charge is -2.03. The molecule has 20 heavy (non-hydrogen) atoms. The summed E-state index contributed by atoms with van der Waals surface area (Å²) < 4.78 is 3.06. The second-order valence-corrected chi connectivity index (χ2v) is 6.26. The summed E-state index contributed by atoms with van der Waals surface area (Å²) in [6, 6.07) is 16.2. The van der Waals surface area contributed by atoms with Crippen molar-refractivity contribution in [2.24, 2.45) is 7.05 Å². The molecule has 0 aliphatic heterocycles. The lowest BCUT2D eigenvalue weighted by Crippen LogP contribution is -1.87. The van der Waals surface area contributed by atoms with Crippen LogP contribution in [0.1, 0.15) is 0 Å². The van der Waals surface area contributed by atoms with Gasteiger partial charge < -0.3 is 0 Å². The molecule has 0 saturated carbocycles. The topological polar surface area (TPSA) is 17.8 Å². The van der Waals surface area contributed by atoms with Gasteiger partial charge in [0.1, 0.15) is 5.69 Å². The van der Waals surface area contributed by atoms with Crippen LogP contribution in [0.4, 0.5) is 0 Å². The summed E-state index contributed by atoms with van der Waals surface area (Å²) in [6.45, 7) is 0. The SMILES string of the molecule is Cn1cc(-c2cccc(I)c2)c(-c2ccc(Cl)cc2)n1. The number of aryl methyl sites for hydroxylation is 1. The molecule has 0 fully saturated rings. The quantitative estimate of drug-likeness (QED) is 0.559. The smallest absolute Gasteiger partial charge is 0.100 e. The molecule has 0 unspecified atom stereocenters. The van der Waals surface area contributed by atoms with Crippen LogP contribution < -0.4 is 0 Å². The minimum atomic E-state index is 0.737. The molecule has 0 amide bonds. The first-order valence-electron chi connectivity index (χ1n) is 6.19. The summed E-state index contributed by atoms with van der Waals surface area (Å²) in [4.78, 5) is 0. The number of halogens is 2. The summed E-state index contributed by atoms with van der Waals surface area (Å²) in [5.41, 5.74) is 4.36. The molecule has 3 aromatic rings. The van der Waals surface area contributed by atoms with Crippen LogP contribution in [0.2, 0.25) is 5.02 Å². The molecule has 0 N–H and O–H groups in total. The summed E-state index contributed by atoms with van der Waals surface area (Å²) in [5.74, 6) is 0. The molecule has 0 bridgehead atoms. The van der Waals surface area contributed by atoms with Crippen molar-refractivity contribution in [1.82, 2.24) is 9.78 Å². The van der Waals surface area contributed by atoms with E-state index < -0.39 is 0 Å². The van der Waals surface area contributed by atoms with Crippen LogP contribution in [0.3, 0.4) is 0 Å². The van der Waals surface area contributed by atoms with E-state index in [4.69, 9.17) is 11.6 Å². The first kappa shape index (κ1) is 13.6. The third-order valence-corrected chi connectivity index (χ3v) is 4.01. The first-order chi connectivity index (χ1) is 9.63. The van der Waals surface area contributed by atoms with Gasteiger partial charge in [0.05, 0.1) is 0 Å². The first-order valence-corrected chi connectivity index (χ1v) is 7.65. The Balaban J connectivity index is 2.15. The van der Waals surface area contributed by atoms with Crippen LogP contribution in [0.5, 0.6) is 0 Å². The lowest BCUT2D eigenvalue weighted by atomic mass is 10.0. The van der Waals surface area contributed by atoms with Gasteiger partial charge in [0.25, 0.3) is 0 Å². The lowest BCUT2D eigenvalue weighted by molar-refractivity contribution is 0.771. The number of hydrogen-bond acceptors (Lipinski definition) is 1. The van der Waals surface area contributed by atoms with Crippen molar-refractivity contribution < 1.29 is 0 Å². The van der Waals surface area contributed by atoms with E-state index in [1.54, 1.807) is 0 Å². The Kier molecular flexibility index (Phi) is 3.81. The van der Waals surface area contributed by atoms with Gasteiger partial charge in [0.15, 0.2) is 0 Å². The molecular formula is C16H12ClIN2. The largest absolute Gasteiger partial charge is 0.275 e. The molecule has 0 aliphatic rings. The van der Waals surface area contributed by atoms with Crippen molar-refractivity contribution >= 4 is 34.2 Å². The normalized spacial score (nSPS) is 10.8. The third kappa shape index (κ3) is 2.74. The van der Waals surface area contributed by atoms with Crippen molar-refractivity contribution in [1.29, 1.82) is 0 Å². The van der Waals surface area contributed by atoms with Gasteiger partial charge >= 0.3 is 0 Å². The molecule has 3 rings (SSSR count). The Hall–Kier alpha value is -1.33. The van der Waals surface area contributed by atoms with Crippen molar-refractivity contribution in [3.8, 4) is 22.4 Å². The van der Waals surface area contributed by atoms with Gasteiger partial charge in [-0.05, 0) is 52.4 Å². The number of aromatic nitrogens is 2. The van der Waals surface area contributed by atoms with Gasteiger partial charge in [0, 0.05) is 33.0 Å². The fourth-order valence-corrected chi connectivity index (χ4v) is 2.85. The average molecular weight is 395 g/mol. The summed E-state index contributed by atoms with van der Waals surface area (Å²) in [7, 11) is 1.94. The molecule has 0 saturated heterocycles. The number of nitrogens with zero attached hydrogens (tertiary/aromatic N) is 2. The second-order valence-electron chi connectivity index (χ2n) is 4.58. The van der Waals surface area contributed by atoms with Crippen LogP contribution in [0.15, 0.2) is 54.7 Å². The standard InChI is InChI=1S/C16H12ClIN2/c1-20-10-15(12-3-2-4-14(18)9-12)16(19-20)11-5-7-13(17)8-6-11/h2-10H,1H3. The molecule has 100 valence electrons. The molecular weight excluding hydrogens is 383 g/mol. The summed E-state index contributed by atoms with van der Waals surface area (Å²) >= 11 is 8.28. The van der Waals surface area contributed by atoms with Crippen molar-refractivity contribution in [3.63, 3.8) is 0 Å². The van der Waals surface area contributed by atoms with Crippen molar-refractivity contribution in [2.45, 2.75) is 0 Å². The molecule has 2 nitrogen and oxygen atoms in total. The Bertz CT molecular complexity index is 747. The van der Waals surface area contributed by atoms with Crippen LogP contribution in [0.25, 0.3) is 22.4 Å². The second kappa shape index (κ2) is 5.58. The van der Waals surface area contributed by atoms with E-state index in [0.717, 1.165) is 21.8 Å². The highest BCUT2D eigenvalue weighted by Gasteiger charge is 2.12. The fraction of sp³-hybridized carbons (Fsp3) is 0.0625. The van der Waals surface area contributed by atoms with Crippen LogP contribution in [-0.2, 0) is 7.05 Å². The molecule has 0 atom stereocenters. The highest BCUT2D eigenvalue weighted by Crippen LogP contribution is 2.32. The monoisotopic (exact) mass is 394 g/mol. The summed E-state index contributed by atoms with van der Waals surface area (Å²) in [6.07, 6.45) is 2.05. The minimum absolute atomic E-state index is 0.737. The predicted molar refractivity (Wildman–Crippen MR) is 91.8 cm³/mol. The van der Waals surface area contributed by atoms with E-state index in [1.807, 2.05) is 36.0 Å². The third-order valence-electron chi connectivity index (χ3n) is 3.08. The maximum absolute atomic E-state index is 5.96. The molecule has 0 radical (unpaired) electrons. The van der Waals surface area contributed by atoms with Crippen molar-refractivity contribution in [3.05, 3.63) is 63.3 Å². The van der Waals surface area contributed by atoms with Gasteiger partial charge in [-0.3, -0.25) is 4.68 Å². The fourth-order valence-electron chi connectivity index (χ4n) is 2.18. The Morgan fingerprint density at radius 3 is 2.50 bits per heavy atom. The van der Waals surface area contributed by atoms with E-state index >= 15 is 0 Å². The molecule has 1 heterocycles. The van der Waals surface area contributed by atoms with Gasteiger partial charge in [-0.25, -0.2) is 0 Å². The summed E-state index contributed by atoms with van der Waals surface area (Å²) in [5, 5.41) is 5.32. The zero-order valence-corrected chi connectivity index (χ0v) is 13.8. The number of rotatable bonds is 2. The maximum atomic E-state index is 5.96. The van der Waals surface area contributed by atoms with Crippen LogP contribution in [0, 0.1) is 3.57 Å². The Labute approximate surface area is 136 Å². The van der Waals surface area contributed by atoms with Crippen LogP contribution in [-0.4, -0.2) is 9.78 Å². The van der Waals surface area contributed by atoms with Gasteiger partial charge in [-0.1, -0.05) is 35.9 Å². The van der Waals surface area contributed by atoms with Gasteiger partial charge in [0.2, 0.25) is 0 Å². The molecule has 2 aromatic carbocycles. The van der Waals surface area contributed by atoms with E-state index in [0.29, 0.717) is 0 Å². The minimum Gasteiger partial charge on any atom is -0.275 e. The number of hydrogen-bond donors (Lipinski definition) is 0. The highest BCUT2D eigenvalue weighted by atomic mass is 127. The van der Waals surface area contributed by atoms with E-state index in [-0.39, 0.29) is 0 Å². The zero-order chi connectivity index (χ0) is 14.1. The van der Waals surface area contributed by atoms with E-state index in [2.05, 4.69) is 58.2 Å². The average Bonchev–Trinajstić information content (AvgIpc) is 2.82. The van der Waals surface area contributed by atoms with Crippen LogP contribution >= 0.6 is 34.2 Å². The molecule has 1 aromatic heterocycles. The molecule has 0 spiro atoms. The van der Waals surface area contributed by atoms with Gasteiger partial charge in [-0.15, -0.1) is 0 Å². The zero-order valence-electron chi connectivity index (χ0n) is 10.8. The predicted octanol–water partition coefficient (Wildman–Crippen LogP) is 5.01. The Morgan fingerprint density at radius 2 is 1.80 bits per heavy atom. The van der Waals surface area contributed by atoms with Gasteiger partial charge in [-0.2, -0.15) is 5.10 Å². The maximum Gasteiger partial charge on any atom is 0.100 e.